The van der Waals surface area contributed by atoms with Gasteiger partial charge in [-0.25, -0.2) is 5.01 Å². The summed E-state index contributed by atoms with van der Waals surface area (Å²) in [7, 11) is 4.11. The van der Waals surface area contributed by atoms with Gasteiger partial charge >= 0.3 is 0 Å². The minimum atomic E-state index is -0.154. The van der Waals surface area contributed by atoms with Crippen molar-refractivity contribution in [2.24, 2.45) is 5.92 Å². The average molecular weight is 457 g/mol. The average Bonchev–Trinajstić information content (AvgIpc) is 3.27. The number of likely N-dealkylation sites (N-methyl/N-ethyl adjacent to an activating group) is 1. The lowest BCUT2D eigenvalue weighted by Crippen LogP contribution is -2.51. The number of carbonyl (C=O) groups is 1. The summed E-state index contributed by atoms with van der Waals surface area (Å²) in [5, 5.41) is 5.42. The molecule has 1 amide bonds. The second kappa shape index (κ2) is 9.40. The van der Waals surface area contributed by atoms with E-state index in [-0.39, 0.29) is 11.8 Å². The van der Waals surface area contributed by atoms with Crippen LogP contribution in [0.15, 0.2) is 54.7 Å². The third-order valence-electron chi connectivity index (χ3n) is 7.58. The Bertz CT molecular complexity index is 1210. The van der Waals surface area contributed by atoms with Gasteiger partial charge in [0.25, 0.3) is 0 Å². The molecule has 1 N–H and O–H groups in total. The van der Waals surface area contributed by atoms with E-state index in [1.165, 1.54) is 38.7 Å². The van der Waals surface area contributed by atoms with Crippen LogP contribution in [-0.4, -0.2) is 59.0 Å². The van der Waals surface area contributed by atoms with E-state index in [0.717, 1.165) is 38.9 Å². The fraction of sp³-hybridized carbons (Fsp3) is 0.414. The molecule has 3 aromatic rings. The van der Waals surface area contributed by atoms with Crippen molar-refractivity contribution in [2.75, 3.05) is 27.2 Å². The molecule has 1 aromatic heterocycles. The van der Waals surface area contributed by atoms with Crippen LogP contribution in [0.1, 0.15) is 42.0 Å². The van der Waals surface area contributed by atoms with E-state index in [1.54, 1.807) is 0 Å². The summed E-state index contributed by atoms with van der Waals surface area (Å²) in [6, 6.07) is 15.4. The van der Waals surface area contributed by atoms with Crippen LogP contribution in [-0.2, 0) is 17.8 Å². The van der Waals surface area contributed by atoms with Gasteiger partial charge < -0.3 is 4.98 Å². The van der Waals surface area contributed by atoms with Crippen LogP contribution >= 0.6 is 0 Å². The summed E-state index contributed by atoms with van der Waals surface area (Å²) in [5.74, 6) is 0.0206. The molecule has 2 aromatic carbocycles. The highest BCUT2D eigenvalue weighted by atomic mass is 16.2. The molecule has 0 fully saturated rings. The Kier molecular flexibility index (Phi) is 6.32. The minimum Gasteiger partial charge on any atom is -0.361 e. The second-order valence-electron chi connectivity index (χ2n) is 10.0. The number of fused-ring (bicyclic) bond motifs is 2. The van der Waals surface area contributed by atoms with Crippen LogP contribution in [0.5, 0.6) is 0 Å². The van der Waals surface area contributed by atoms with Gasteiger partial charge in [-0.2, -0.15) is 0 Å². The van der Waals surface area contributed by atoms with E-state index in [1.807, 2.05) is 12.1 Å². The molecule has 5 rings (SSSR count). The summed E-state index contributed by atoms with van der Waals surface area (Å²) in [5.41, 5.74) is 7.64. The summed E-state index contributed by atoms with van der Waals surface area (Å²) >= 11 is 0. The van der Waals surface area contributed by atoms with E-state index < -0.39 is 0 Å². The zero-order valence-electron chi connectivity index (χ0n) is 20.8. The summed E-state index contributed by atoms with van der Waals surface area (Å²) in [6.45, 7) is 6.68. The van der Waals surface area contributed by atoms with Gasteiger partial charge in [-0.15, -0.1) is 0 Å². The molecule has 2 atom stereocenters. The number of hydrogen-bond acceptors (Lipinski definition) is 3. The van der Waals surface area contributed by atoms with Crippen molar-refractivity contribution >= 4 is 22.4 Å². The number of nitrogens with one attached hydrogen (secondary N) is 1. The largest absolute Gasteiger partial charge is 0.361 e. The zero-order valence-corrected chi connectivity index (χ0v) is 20.8. The van der Waals surface area contributed by atoms with Crippen molar-refractivity contribution in [3.05, 3.63) is 77.0 Å². The zero-order chi connectivity index (χ0) is 23.8. The molecule has 0 saturated heterocycles. The number of amides is 1. The Hall–Kier alpha value is -2.89. The molecule has 34 heavy (non-hydrogen) atoms. The number of benzene rings is 2. The maximum atomic E-state index is 13.8. The normalized spacial score (nSPS) is 19.9. The molecular weight excluding hydrogens is 420 g/mol. The molecule has 2 heterocycles. The third kappa shape index (κ3) is 4.19. The highest BCUT2D eigenvalue weighted by molar-refractivity contribution is 5.99. The highest BCUT2D eigenvalue weighted by Gasteiger charge is 2.37. The lowest BCUT2D eigenvalue weighted by Gasteiger charge is -2.41. The summed E-state index contributed by atoms with van der Waals surface area (Å²) in [6.07, 6.45) is 7.58. The smallest absolute Gasteiger partial charge is 0.244 e. The van der Waals surface area contributed by atoms with E-state index in [4.69, 9.17) is 0 Å². The lowest BCUT2D eigenvalue weighted by molar-refractivity contribution is -0.150. The molecule has 5 nitrogen and oxygen atoms in total. The molecule has 2 aliphatic rings. The van der Waals surface area contributed by atoms with Crippen molar-refractivity contribution in [2.45, 2.75) is 45.7 Å². The molecule has 5 heteroatoms. The first kappa shape index (κ1) is 22.9. The van der Waals surface area contributed by atoms with Gasteiger partial charge in [0.05, 0.1) is 5.92 Å². The van der Waals surface area contributed by atoms with Crippen molar-refractivity contribution in [1.29, 1.82) is 0 Å². The molecule has 0 spiro atoms. The van der Waals surface area contributed by atoms with Crippen LogP contribution in [0.4, 0.5) is 0 Å². The van der Waals surface area contributed by atoms with Crippen LogP contribution in [0.25, 0.3) is 16.5 Å². The van der Waals surface area contributed by atoms with Crippen molar-refractivity contribution in [3.63, 3.8) is 0 Å². The Morgan fingerprint density at radius 3 is 2.74 bits per heavy atom. The Morgan fingerprint density at radius 2 is 1.97 bits per heavy atom. The standard InChI is InChI=1S/C29H36N4O/c1-5-6-14-33(18-21-12-10-20(2)11-13-21)32(4)29(34)23-15-25-24-8-7-9-26-28(24)22(17-30-26)16-27(25)31(3)19-23/h7-13,15,17,23,27,30H,5-6,14,16,18-19H2,1-4H3/t23-,27-/m1/s1. The predicted octanol–water partition coefficient (Wildman–Crippen LogP) is 5.02. The van der Waals surface area contributed by atoms with Crippen molar-refractivity contribution in [1.82, 2.24) is 19.9 Å². The van der Waals surface area contributed by atoms with Crippen LogP contribution in [0, 0.1) is 12.8 Å². The minimum absolute atomic E-state index is 0.154. The van der Waals surface area contributed by atoms with Crippen molar-refractivity contribution in [3.8, 4) is 0 Å². The fourth-order valence-corrected chi connectivity index (χ4v) is 5.56. The fourth-order valence-electron chi connectivity index (χ4n) is 5.56. The maximum Gasteiger partial charge on any atom is 0.244 e. The molecule has 0 saturated carbocycles. The Labute approximate surface area is 203 Å². The van der Waals surface area contributed by atoms with E-state index in [2.05, 4.69) is 90.5 Å². The summed E-state index contributed by atoms with van der Waals surface area (Å²) < 4.78 is 0. The monoisotopic (exact) mass is 456 g/mol. The van der Waals surface area contributed by atoms with Crippen LogP contribution in [0.3, 0.4) is 0 Å². The van der Waals surface area contributed by atoms with Crippen molar-refractivity contribution < 1.29 is 4.79 Å². The molecule has 178 valence electrons. The van der Waals surface area contributed by atoms with Crippen LogP contribution < -0.4 is 0 Å². The molecule has 0 unspecified atom stereocenters. The number of hydrazine groups is 1. The lowest BCUT2D eigenvalue weighted by atomic mass is 9.80. The van der Waals surface area contributed by atoms with Crippen LogP contribution in [0.2, 0.25) is 0 Å². The number of unbranched alkanes of at least 4 members (excludes halogenated alkanes) is 1. The number of hydrogen-bond donors (Lipinski definition) is 1. The SMILES string of the molecule is CCCCN(Cc1ccc(C)cc1)N(C)C(=O)[C@@H]1C=C2c3cccc4[nH]cc(c34)C[C@H]2N(C)C1. The topological polar surface area (TPSA) is 42.6 Å². The Balaban J connectivity index is 1.42. The van der Waals surface area contributed by atoms with Gasteiger partial charge in [0.15, 0.2) is 0 Å². The van der Waals surface area contributed by atoms with Gasteiger partial charge in [-0.1, -0.05) is 61.4 Å². The molecule has 0 bridgehead atoms. The quantitative estimate of drug-likeness (QED) is 0.508. The van der Waals surface area contributed by atoms with Gasteiger partial charge in [0, 0.05) is 49.8 Å². The molecule has 0 radical (unpaired) electrons. The highest BCUT2D eigenvalue weighted by Crippen LogP contribution is 2.41. The molecule has 1 aliphatic heterocycles. The Morgan fingerprint density at radius 1 is 1.18 bits per heavy atom. The van der Waals surface area contributed by atoms with Gasteiger partial charge in [-0.05, 0) is 55.1 Å². The number of aryl methyl sites for hydroxylation is 1. The van der Waals surface area contributed by atoms with E-state index in [9.17, 15) is 4.79 Å². The number of carbonyl (C=O) groups excluding carboxylic acids is 1. The first-order valence-corrected chi connectivity index (χ1v) is 12.6. The predicted molar refractivity (Wildman–Crippen MR) is 139 cm³/mol. The number of H-pyrrole nitrogens is 1. The first-order valence-electron chi connectivity index (χ1n) is 12.6. The summed E-state index contributed by atoms with van der Waals surface area (Å²) in [4.78, 5) is 19.6. The third-order valence-corrected chi connectivity index (χ3v) is 7.58. The maximum absolute atomic E-state index is 13.8. The number of rotatable bonds is 7. The van der Waals surface area contributed by atoms with Gasteiger partial charge in [-0.3, -0.25) is 14.7 Å². The molecular formula is C29H36N4O. The van der Waals surface area contributed by atoms with Gasteiger partial charge in [0.1, 0.15) is 0 Å². The number of aromatic nitrogens is 1. The number of nitrogens with zero attached hydrogens (tertiary/aromatic N) is 3. The van der Waals surface area contributed by atoms with E-state index in [0.29, 0.717) is 6.04 Å². The number of aromatic amines is 1. The van der Waals surface area contributed by atoms with E-state index >= 15 is 0 Å². The van der Waals surface area contributed by atoms with Gasteiger partial charge in [0.2, 0.25) is 5.91 Å². The second-order valence-corrected chi connectivity index (χ2v) is 10.0. The molecule has 1 aliphatic carbocycles. The first-order chi connectivity index (χ1) is 16.5.